The van der Waals surface area contributed by atoms with Gasteiger partial charge in [0.1, 0.15) is 0 Å². The number of nitrogens with zero attached hydrogens (tertiary/aromatic N) is 4. The van der Waals surface area contributed by atoms with Crippen LogP contribution in [0.1, 0.15) is 60.7 Å². The minimum absolute atomic E-state index is 0.378. The summed E-state index contributed by atoms with van der Waals surface area (Å²) in [5.41, 5.74) is 11.2. The van der Waals surface area contributed by atoms with Gasteiger partial charge in [-0.2, -0.15) is 0 Å². The maximum absolute atomic E-state index is 11.2. The van der Waals surface area contributed by atoms with Crippen molar-refractivity contribution in [2.45, 2.75) is 59.5 Å². The molecule has 0 aliphatic heterocycles. The Morgan fingerprint density at radius 1 is 1.10 bits per heavy atom. The van der Waals surface area contributed by atoms with Gasteiger partial charge in [-0.3, -0.25) is 14.9 Å². The molecule has 2 amide bonds. The lowest BCUT2D eigenvalue weighted by Crippen LogP contribution is -2.33. The molecule has 0 saturated heterocycles. The molecular weight excluding hydrogens is 362 g/mol. The Morgan fingerprint density at radius 2 is 1.79 bits per heavy atom. The average molecular weight is 398 g/mol. The van der Waals surface area contributed by atoms with Gasteiger partial charge in [-0.05, 0) is 61.9 Å². The highest BCUT2D eigenvalue weighted by Crippen LogP contribution is 2.20. The molecule has 6 nitrogen and oxygen atoms in total. The summed E-state index contributed by atoms with van der Waals surface area (Å²) in [6.07, 6.45) is 5.70. The SMILES string of the molecule is Cc1cnc(CN(CCCCN(C)C(N)=O)Cc2ncccc2C(C)C)c(C)c1. The first-order valence-corrected chi connectivity index (χ1v) is 10.4. The van der Waals surface area contributed by atoms with E-state index < -0.39 is 0 Å². The lowest BCUT2D eigenvalue weighted by atomic mass is 10.0. The zero-order valence-corrected chi connectivity index (χ0v) is 18.5. The number of carbonyl (C=O) groups is 1. The minimum Gasteiger partial charge on any atom is -0.351 e. The third kappa shape index (κ3) is 7.13. The molecule has 2 heterocycles. The van der Waals surface area contributed by atoms with E-state index in [1.54, 1.807) is 11.9 Å². The summed E-state index contributed by atoms with van der Waals surface area (Å²) < 4.78 is 0. The normalized spacial score (nSPS) is 11.3. The Bertz CT molecular complexity index is 806. The minimum atomic E-state index is -0.378. The number of nitrogens with two attached hydrogens (primary N) is 1. The average Bonchev–Trinajstić information content (AvgIpc) is 2.67. The van der Waals surface area contributed by atoms with E-state index in [-0.39, 0.29) is 6.03 Å². The number of carbonyl (C=O) groups excluding carboxylic acids is 1. The zero-order valence-electron chi connectivity index (χ0n) is 18.5. The first kappa shape index (κ1) is 22.8. The lowest BCUT2D eigenvalue weighted by Gasteiger charge is -2.25. The molecule has 2 rings (SSSR count). The van der Waals surface area contributed by atoms with Gasteiger partial charge in [-0.1, -0.05) is 26.0 Å². The van der Waals surface area contributed by atoms with Crippen molar-refractivity contribution >= 4 is 6.03 Å². The highest BCUT2D eigenvalue weighted by atomic mass is 16.2. The monoisotopic (exact) mass is 397 g/mol. The third-order valence-electron chi connectivity index (χ3n) is 5.21. The largest absolute Gasteiger partial charge is 0.351 e. The molecule has 6 heteroatoms. The van der Waals surface area contributed by atoms with Gasteiger partial charge in [0.15, 0.2) is 0 Å². The summed E-state index contributed by atoms with van der Waals surface area (Å²) in [5.74, 6) is 0.434. The molecule has 0 aromatic carbocycles. The number of rotatable bonds is 10. The van der Waals surface area contributed by atoms with Gasteiger partial charge in [0.2, 0.25) is 0 Å². The third-order valence-corrected chi connectivity index (χ3v) is 5.21. The van der Waals surface area contributed by atoms with E-state index in [9.17, 15) is 4.79 Å². The first-order valence-electron chi connectivity index (χ1n) is 10.4. The van der Waals surface area contributed by atoms with Crippen LogP contribution in [0.2, 0.25) is 0 Å². The highest BCUT2D eigenvalue weighted by molar-refractivity contribution is 5.71. The molecule has 0 bridgehead atoms. The van der Waals surface area contributed by atoms with E-state index in [1.165, 1.54) is 16.7 Å². The molecule has 0 radical (unpaired) electrons. The summed E-state index contributed by atoms with van der Waals surface area (Å²) in [6.45, 7) is 11.8. The quantitative estimate of drug-likeness (QED) is 0.615. The van der Waals surface area contributed by atoms with Crippen LogP contribution in [0.15, 0.2) is 30.6 Å². The molecule has 2 aromatic rings. The number of hydrogen-bond donors (Lipinski definition) is 1. The predicted molar refractivity (Wildman–Crippen MR) is 118 cm³/mol. The fourth-order valence-corrected chi connectivity index (χ4v) is 3.45. The topological polar surface area (TPSA) is 75.3 Å². The Labute approximate surface area is 175 Å². The molecule has 0 fully saturated rings. The van der Waals surface area contributed by atoms with Crippen molar-refractivity contribution in [1.82, 2.24) is 19.8 Å². The maximum atomic E-state index is 11.2. The van der Waals surface area contributed by atoms with Gasteiger partial charge in [0.25, 0.3) is 0 Å². The summed E-state index contributed by atoms with van der Waals surface area (Å²) in [7, 11) is 1.74. The van der Waals surface area contributed by atoms with Crippen molar-refractivity contribution in [2.24, 2.45) is 5.73 Å². The summed E-state index contributed by atoms with van der Waals surface area (Å²) in [5, 5.41) is 0. The molecule has 0 spiro atoms. The van der Waals surface area contributed by atoms with E-state index in [2.05, 4.69) is 54.7 Å². The number of pyridine rings is 2. The second kappa shape index (κ2) is 10.9. The fraction of sp³-hybridized carbons (Fsp3) is 0.522. The maximum Gasteiger partial charge on any atom is 0.314 e. The van der Waals surface area contributed by atoms with Crippen LogP contribution in [0.25, 0.3) is 0 Å². The number of amides is 2. The van der Waals surface area contributed by atoms with Gasteiger partial charge in [0, 0.05) is 39.1 Å². The van der Waals surface area contributed by atoms with Crippen LogP contribution in [0.4, 0.5) is 4.79 Å². The molecule has 0 aliphatic rings. The van der Waals surface area contributed by atoms with Crippen LogP contribution in [-0.2, 0) is 13.1 Å². The predicted octanol–water partition coefficient (Wildman–Crippen LogP) is 4.01. The van der Waals surface area contributed by atoms with Crippen LogP contribution in [0.5, 0.6) is 0 Å². The Balaban J connectivity index is 2.11. The molecule has 2 N–H and O–H groups in total. The Morgan fingerprint density at radius 3 is 2.45 bits per heavy atom. The molecule has 0 aliphatic carbocycles. The number of urea groups is 1. The van der Waals surface area contributed by atoms with Gasteiger partial charge in [-0.25, -0.2) is 4.79 Å². The van der Waals surface area contributed by atoms with E-state index in [1.807, 2.05) is 18.5 Å². The van der Waals surface area contributed by atoms with Gasteiger partial charge in [0.05, 0.1) is 11.4 Å². The van der Waals surface area contributed by atoms with E-state index in [0.29, 0.717) is 12.5 Å². The van der Waals surface area contributed by atoms with E-state index >= 15 is 0 Å². The standard InChI is InChI=1S/C23H35N5O/c1-17(2)20-9-8-10-25-22(20)16-28(12-7-6-11-27(5)23(24)29)15-21-19(4)13-18(3)14-26-21/h8-10,13-14,17H,6-7,11-12,15-16H2,1-5H3,(H2,24,29). The fourth-order valence-electron chi connectivity index (χ4n) is 3.45. The van der Waals surface area contributed by atoms with Crippen molar-refractivity contribution in [2.75, 3.05) is 20.1 Å². The van der Waals surface area contributed by atoms with E-state index in [0.717, 1.165) is 43.9 Å². The highest BCUT2D eigenvalue weighted by Gasteiger charge is 2.15. The number of primary amides is 1. The molecule has 29 heavy (non-hydrogen) atoms. The molecule has 158 valence electrons. The summed E-state index contributed by atoms with van der Waals surface area (Å²) in [6, 6.07) is 5.98. The van der Waals surface area contributed by atoms with Gasteiger partial charge < -0.3 is 10.6 Å². The number of aromatic nitrogens is 2. The summed E-state index contributed by atoms with van der Waals surface area (Å²) in [4.78, 5) is 24.5. The first-order chi connectivity index (χ1) is 13.8. The van der Waals surface area contributed by atoms with Crippen LogP contribution >= 0.6 is 0 Å². The molecular formula is C23H35N5O. The van der Waals surface area contributed by atoms with Crippen molar-refractivity contribution in [1.29, 1.82) is 0 Å². The van der Waals surface area contributed by atoms with Crippen LogP contribution < -0.4 is 5.73 Å². The van der Waals surface area contributed by atoms with Crippen molar-refractivity contribution in [3.05, 3.63) is 58.7 Å². The Hall–Kier alpha value is -2.47. The number of unbranched alkanes of at least 4 members (excludes halogenated alkanes) is 1. The molecule has 0 saturated carbocycles. The number of hydrogen-bond acceptors (Lipinski definition) is 4. The van der Waals surface area contributed by atoms with Gasteiger partial charge >= 0.3 is 6.03 Å². The van der Waals surface area contributed by atoms with Gasteiger partial charge in [-0.15, -0.1) is 0 Å². The second-order valence-electron chi connectivity index (χ2n) is 8.15. The van der Waals surface area contributed by atoms with Crippen molar-refractivity contribution in [3.63, 3.8) is 0 Å². The van der Waals surface area contributed by atoms with Crippen molar-refractivity contribution < 1.29 is 4.79 Å². The molecule has 2 aromatic heterocycles. The van der Waals surface area contributed by atoms with Crippen LogP contribution in [0.3, 0.4) is 0 Å². The Kier molecular flexibility index (Phi) is 8.58. The second-order valence-corrected chi connectivity index (χ2v) is 8.15. The van der Waals surface area contributed by atoms with Crippen LogP contribution in [0, 0.1) is 13.8 Å². The smallest absolute Gasteiger partial charge is 0.314 e. The molecule has 0 unspecified atom stereocenters. The number of aryl methyl sites for hydroxylation is 2. The van der Waals surface area contributed by atoms with Crippen LogP contribution in [-0.4, -0.2) is 45.9 Å². The lowest BCUT2D eigenvalue weighted by molar-refractivity contribution is 0.213. The summed E-state index contributed by atoms with van der Waals surface area (Å²) >= 11 is 0. The zero-order chi connectivity index (χ0) is 21.4. The molecule has 0 atom stereocenters. The van der Waals surface area contributed by atoms with E-state index in [4.69, 9.17) is 5.73 Å². The van der Waals surface area contributed by atoms with Crippen molar-refractivity contribution in [3.8, 4) is 0 Å².